The van der Waals surface area contributed by atoms with Crippen molar-refractivity contribution in [3.63, 3.8) is 0 Å². The van der Waals surface area contributed by atoms with Crippen molar-refractivity contribution >= 4 is 44.0 Å². The van der Waals surface area contributed by atoms with Crippen molar-refractivity contribution < 1.29 is 19.7 Å². The van der Waals surface area contributed by atoms with E-state index in [2.05, 4.69) is 63.2 Å². The van der Waals surface area contributed by atoms with Gasteiger partial charge in [-0.25, -0.2) is 5.43 Å². The molecule has 0 heterocycles. The summed E-state index contributed by atoms with van der Waals surface area (Å²) in [4.78, 5) is 11.8. The monoisotopic (exact) mass is 498 g/mol. The molecule has 0 spiro atoms. The number of hydrogen-bond donors (Lipinski definition) is 3. The molecule has 0 unspecified atom stereocenters. The number of hydrazone groups is 1. The summed E-state index contributed by atoms with van der Waals surface area (Å²) in [6.45, 7) is 6.17. The van der Waals surface area contributed by atoms with Crippen molar-refractivity contribution in [2.45, 2.75) is 26.2 Å². The predicted molar refractivity (Wildman–Crippen MR) is 112 cm³/mol. The fourth-order valence-electron chi connectivity index (χ4n) is 2.12. The van der Waals surface area contributed by atoms with E-state index in [9.17, 15) is 15.0 Å². The minimum atomic E-state index is -0.442. The van der Waals surface area contributed by atoms with Gasteiger partial charge in [0.05, 0.1) is 10.7 Å². The van der Waals surface area contributed by atoms with E-state index in [0.717, 1.165) is 0 Å². The molecule has 0 aliphatic rings. The van der Waals surface area contributed by atoms with Crippen molar-refractivity contribution in [1.82, 2.24) is 5.43 Å². The lowest BCUT2D eigenvalue weighted by Crippen LogP contribution is -2.24. The van der Waals surface area contributed by atoms with Gasteiger partial charge in [0.2, 0.25) is 0 Å². The Hall–Kier alpha value is -2.06. The van der Waals surface area contributed by atoms with Crippen LogP contribution in [0.4, 0.5) is 0 Å². The number of aromatic hydroxyl groups is 2. The number of hydrogen-bond acceptors (Lipinski definition) is 5. The van der Waals surface area contributed by atoms with Crippen LogP contribution in [0.2, 0.25) is 0 Å². The zero-order valence-corrected chi connectivity index (χ0v) is 18.3. The second-order valence-electron chi connectivity index (χ2n) is 6.82. The maximum Gasteiger partial charge on any atom is 0.277 e. The van der Waals surface area contributed by atoms with Crippen LogP contribution in [0.1, 0.15) is 31.9 Å². The molecule has 0 aliphatic heterocycles. The molecule has 0 saturated heterocycles. The first-order valence-corrected chi connectivity index (χ1v) is 9.63. The van der Waals surface area contributed by atoms with Gasteiger partial charge in [-0.15, -0.1) is 0 Å². The molecule has 0 bridgehead atoms. The molecule has 0 fully saturated rings. The Balaban J connectivity index is 1.91. The van der Waals surface area contributed by atoms with E-state index < -0.39 is 5.91 Å². The van der Waals surface area contributed by atoms with Crippen LogP contribution in [-0.2, 0) is 10.2 Å². The summed E-state index contributed by atoms with van der Waals surface area (Å²) in [7, 11) is 0. The number of halogens is 2. The molecule has 8 heteroatoms. The predicted octanol–water partition coefficient (Wildman–Crippen LogP) is 4.45. The van der Waals surface area contributed by atoms with Gasteiger partial charge in [-0.1, -0.05) is 32.9 Å². The number of carbonyl (C=O) groups is 1. The van der Waals surface area contributed by atoms with Gasteiger partial charge in [0.15, 0.2) is 6.61 Å². The van der Waals surface area contributed by atoms with Crippen molar-refractivity contribution in [2.24, 2.45) is 5.10 Å². The first kappa shape index (κ1) is 21.2. The molecule has 6 nitrogen and oxygen atoms in total. The van der Waals surface area contributed by atoms with Gasteiger partial charge in [-0.3, -0.25) is 4.79 Å². The molecule has 0 aromatic heterocycles. The fourth-order valence-corrected chi connectivity index (χ4v) is 3.27. The number of carbonyl (C=O) groups excluding carboxylic acids is 1. The zero-order valence-electron chi connectivity index (χ0n) is 15.1. The van der Waals surface area contributed by atoms with Crippen LogP contribution in [0.15, 0.2) is 44.4 Å². The van der Waals surface area contributed by atoms with Crippen LogP contribution in [0.5, 0.6) is 17.2 Å². The summed E-state index contributed by atoms with van der Waals surface area (Å²) in [5.74, 6) is -0.169. The number of benzene rings is 2. The van der Waals surface area contributed by atoms with E-state index in [0.29, 0.717) is 15.8 Å². The lowest BCUT2D eigenvalue weighted by Gasteiger charge is -2.19. The largest absolute Gasteiger partial charge is 0.506 e. The lowest BCUT2D eigenvalue weighted by molar-refractivity contribution is -0.123. The minimum Gasteiger partial charge on any atom is -0.506 e. The average Bonchev–Trinajstić information content (AvgIpc) is 2.62. The van der Waals surface area contributed by atoms with E-state index in [1.807, 2.05) is 24.3 Å². The molecule has 0 aliphatic carbocycles. The standard InChI is InChI=1S/C19H20Br2N2O4/c1-19(2,3)12-4-6-13(7-5-12)27-10-15(24)23-22-9-11-8-14(20)18(26)16(21)17(11)25/h4-9,25-26H,10H2,1-3H3,(H,23,24)/b22-9-. The average molecular weight is 500 g/mol. The lowest BCUT2D eigenvalue weighted by atomic mass is 9.87. The third-order valence-corrected chi connectivity index (χ3v) is 5.04. The molecule has 2 rings (SSSR count). The summed E-state index contributed by atoms with van der Waals surface area (Å²) < 4.78 is 5.94. The normalized spacial score (nSPS) is 11.6. The van der Waals surface area contributed by atoms with Gasteiger partial charge in [0.25, 0.3) is 5.91 Å². The van der Waals surface area contributed by atoms with Crippen molar-refractivity contribution in [2.75, 3.05) is 6.61 Å². The Morgan fingerprint density at radius 1 is 1.19 bits per heavy atom. The van der Waals surface area contributed by atoms with Gasteiger partial charge >= 0.3 is 0 Å². The first-order valence-electron chi connectivity index (χ1n) is 8.04. The summed E-state index contributed by atoms with van der Waals surface area (Å²) in [6.07, 6.45) is 1.26. The number of rotatable bonds is 5. The molecule has 0 saturated carbocycles. The van der Waals surface area contributed by atoms with Gasteiger partial charge in [-0.05, 0) is 61.0 Å². The summed E-state index contributed by atoms with van der Waals surface area (Å²) in [5.41, 5.74) is 3.86. The van der Waals surface area contributed by atoms with Crippen molar-refractivity contribution in [3.05, 3.63) is 50.4 Å². The minimum absolute atomic E-state index is 0.0500. The van der Waals surface area contributed by atoms with Crippen LogP contribution in [-0.4, -0.2) is 28.9 Å². The fraction of sp³-hybridized carbons (Fsp3) is 0.263. The smallest absolute Gasteiger partial charge is 0.277 e. The van der Waals surface area contributed by atoms with E-state index in [1.165, 1.54) is 17.8 Å². The van der Waals surface area contributed by atoms with Crippen LogP contribution in [0.25, 0.3) is 0 Å². The molecule has 3 N–H and O–H groups in total. The number of nitrogens with one attached hydrogen (secondary N) is 1. The van der Waals surface area contributed by atoms with E-state index >= 15 is 0 Å². The molecular formula is C19H20Br2N2O4. The summed E-state index contributed by atoms with van der Waals surface area (Å²) in [6, 6.07) is 9.04. The van der Waals surface area contributed by atoms with Crippen LogP contribution < -0.4 is 10.2 Å². The van der Waals surface area contributed by atoms with E-state index in [-0.39, 0.29) is 28.0 Å². The maximum absolute atomic E-state index is 11.8. The Labute approximate surface area is 174 Å². The highest BCUT2D eigenvalue weighted by atomic mass is 79.9. The second kappa shape index (κ2) is 8.75. The van der Waals surface area contributed by atoms with Gasteiger partial charge in [-0.2, -0.15) is 5.10 Å². The number of phenolic OH excluding ortho intramolecular Hbond substituents is 2. The Morgan fingerprint density at radius 2 is 1.81 bits per heavy atom. The topological polar surface area (TPSA) is 91.2 Å². The molecular weight excluding hydrogens is 480 g/mol. The Kier molecular flexibility index (Phi) is 6.89. The maximum atomic E-state index is 11.8. The highest BCUT2D eigenvalue weighted by Gasteiger charge is 2.14. The van der Waals surface area contributed by atoms with Crippen LogP contribution in [0.3, 0.4) is 0 Å². The number of amides is 1. The van der Waals surface area contributed by atoms with Gasteiger partial charge in [0.1, 0.15) is 21.7 Å². The van der Waals surface area contributed by atoms with E-state index in [4.69, 9.17) is 4.74 Å². The van der Waals surface area contributed by atoms with Gasteiger partial charge < -0.3 is 14.9 Å². The molecule has 27 heavy (non-hydrogen) atoms. The molecule has 1 amide bonds. The first-order chi connectivity index (χ1) is 12.6. The highest BCUT2D eigenvalue weighted by molar-refractivity contribution is 9.11. The molecule has 144 valence electrons. The zero-order chi connectivity index (χ0) is 20.2. The van der Waals surface area contributed by atoms with Crippen LogP contribution >= 0.6 is 31.9 Å². The van der Waals surface area contributed by atoms with Crippen LogP contribution in [0, 0.1) is 0 Å². The third kappa shape index (κ3) is 5.71. The Morgan fingerprint density at radius 3 is 2.41 bits per heavy atom. The van der Waals surface area contributed by atoms with Gasteiger partial charge in [0, 0.05) is 5.56 Å². The Bertz CT molecular complexity index is 859. The summed E-state index contributed by atoms with van der Waals surface area (Å²) in [5, 5.41) is 23.4. The molecule has 2 aromatic carbocycles. The molecule has 2 aromatic rings. The quantitative estimate of drug-likeness (QED) is 0.418. The third-order valence-electron chi connectivity index (χ3n) is 3.68. The molecule has 0 radical (unpaired) electrons. The van der Waals surface area contributed by atoms with E-state index in [1.54, 1.807) is 0 Å². The number of nitrogens with zero attached hydrogens (tertiary/aromatic N) is 1. The number of phenols is 2. The SMILES string of the molecule is CC(C)(C)c1ccc(OCC(=O)N/N=C\c2cc(Br)c(O)c(Br)c2O)cc1. The van der Waals surface area contributed by atoms with Crippen molar-refractivity contribution in [3.8, 4) is 17.2 Å². The number of ether oxygens (including phenoxy) is 1. The summed E-state index contributed by atoms with van der Waals surface area (Å²) >= 11 is 6.23. The molecule has 0 atom stereocenters. The highest BCUT2D eigenvalue weighted by Crippen LogP contribution is 2.40. The van der Waals surface area contributed by atoms with Crippen molar-refractivity contribution in [1.29, 1.82) is 0 Å². The second-order valence-corrected chi connectivity index (χ2v) is 8.46.